The number of nitrogen functional groups attached to an aromatic ring is 1. The maximum atomic E-state index is 13.9. The number of nitrogens with two attached hydrogens (primary N) is 1. The fourth-order valence-electron chi connectivity index (χ4n) is 3.77. The van der Waals surface area contributed by atoms with Crippen molar-refractivity contribution < 1.29 is 0 Å². The highest BCUT2D eigenvalue weighted by Gasteiger charge is 2.22. The second-order valence-electron chi connectivity index (χ2n) is 7.47. The highest BCUT2D eigenvalue weighted by atomic mass is 16.1. The molecule has 0 amide bonds. The molecular weight excluding hydrogens is 432 g/mol. The van der Waals surface area contributed by atoms with E-state index in [0.29, 0.717) is 33.7 Å². The number of aromatic nitrogens is 7. The molecule has 0 aliphatic heterocycles. The third-order valence-electron chi connectivity index (χ3n) is 5.30. The summed E-state index contributed by atoms with van der Waals surface area (Å²) in [6.45, 7) is 1.83. The van der Waals surface area contributed by atoms with Gasteiger partial charge < -0.3 is 11.1 Å². The Labute approximate surface area is 192 Å². The molecule has 11 heteroatoms. The number of hydrogen-bond acceptors (Lipinski definition) is 9. The number of aromatic amines is 1. The Bertz CT molecular complexity index is 1590. The number of fused-ring (bicyclic) bond motifs is 1. The minimum atomic E-state index is -0.519. The molecule has 2 aromatic carbocycles. The molecule has 1 atom stereocenters. The van der Waals surface area contributed by atoms with E-state index in [1.54, 1.807) is 16.8 Å². The predicted octanol–water partition coefficient (Wildman–Crippen LogP) is 2.59. The van der Waals surface area contributed by atoms with Crippen LogP contribution in [0.2, 0.25) is 0 Å². The Morgan fingerprint density at radius 3 is 2.68 bits per heavy atom. The van der Waals surface area contributed by atoms with Crippen LogP contribution in [0.25, 0.3) is 27.8 Å². The second-order valence-corrected chi connectivity index (χ2v) is 7.47. The number of H-pyrrole nitrogens is 1. The van der Waals surface area contributed by atoms with Crippen LogP contribution in [-0.4, -0.2) is 34.9 Å². The highest BCUT2D eigenvalue weighted by molar-refractivity contribution is 5.93. The van der Waals surface area contributed by atoms with Gasteiger partial charge in [-0.2, -0.15) is 25.7 Å². The second kappa shape index (κ2) is 8.44. The van der Waals surface area contributed by atoms with E-state index in [0.717, 1.165) is 0 Å². The molecule has 0 aliphatic carbocycles. The Morgan fingerprint density at radius 1 is 1.12 bits per heavy atom. The molecule has 0 fully saturated rings. The van der Waals surface area contributed by atoms with Crippen molar-refractivity contribution >= 4 is 22.7 Å². The minimum absolute atomic E-state index is 0.0258. The largest absolute Gasteiger partial charge is 0.368 e. The number of nitriles is 1. The van der Waals surface area contributed by atoms with Gasteiger partial charge in [0.15, 0.2) is 0 Å². The van der Waals surface area contributed by atoms with Gasteiger partial charge in [-0.25, -0.2) is 9.97 Å². The van der Waals surface area contributed by atoms with E-state index in [1.165, 1.54) is 6.20 Å². The van der Waals surface area contributed by atoms with Crippen molar-refractivity contribution in [3.8, 4) is 23.0 Å². The van der Waals surface area contributed by atoms with Gasteiger partial charge in [0.25, 0.3) is 5.56 Å². The fraction of sp³-hybridized carbons (Fsp3) is 0.0870. The molecule has 5 aromatic rings. The lowest BCUT2D eigenvalue weighted by atomic mass is 10.1. The molecule has 1 unspecified atom stereocenters. The molecule has 5 rings (SSSR count). The molecule has 166 valence electrons. The van der Waals surface area contributed by atoms with Crippen LogP contribution in [0.15, 0.2) is 65.7 Å². The summed E-state index contributed by atoms with van der Waals surface area (Å²) in [5.41, 5.74) is 7.99. The molecule has 0 aliphatic rings. The zero-order chi connectivity index (χ0) is 23.7. The molecule has 3 heterocycles. The van der Waals surface area contributed by atoms with Crippen molar-refractivity contribution in [2.24, 2.45) is 0 Å². The molecule has 3 aromatic heterocycles. The molecule has 0 bridgehead atoms. The van der Waals surface area contributed by atoms with Crippen LogP contribution in [0.5, 0.6) is 0 Å². The summed E-state index contributed by atoms with van der Waals surface area (Å²) in [4.78, 5) is 26.8. The van der Waals surface area contributed by atoms with Crippen LogP contribution >= 0.6 is 0 Å². The van der Waals surface area contributed by atoms with Crippen LogP contribution in [0, 0.1) is 11.3 Å². The summed E-state index contributed by atoms with van der Waals surface area (Å²) < 4.78 is 1.54. The van der Waals surface area contributed by atoms with Crippen LogP contribution < -0.4 is 16.6 Å². The van der Waals surface area contributed by atoms with Gasteiger partial charge in [-0.15, -0.1) is 0 Å². The van der Waals surface area contributed by atoms with Gasteiger partial charge in [0, 0.05) is 5.56 Å². The van der Waals surface area contributed by atoms with Crippen molar-refractivity contribution in [2.45, 2.75) is 13.0 Å². The van der Waals surface area contributed by atoms with Crippen LogP contribution in [-0.2, 0) is 0 Å². The summed E-state index contributed by atoms with van der Waals surface area (Å²) in [6.07, 6.45) is 2.90. The van der Waals surface area contributed by atoms with Gasteiger partial charge in [-0.1, -0.05) is 30.3 Å². The molecule has 4 N–H and O–H groups in total. The average Bonchev–Trinajstić information content (AvgIpc) is 3.39. The molecule has 11 nitrogen and oxygen atoms in total. The molecule has 34 heavy (non-hydrogen) atoms. The van der Waals surface area contributed by atoms with Crippen LogP contribution in [0.1, 0.15) is 24.4 Å². The van der Waals surface area contributed by atoms with Crippen molar-refractivity contribution in [1.82, 2.24) is 34.9 Å². The van der Waals surface area contributed by atoms with E-state index >= 15 is 0 Å². The SMILES string of the molecule is CC(Nc1nc(N)ncc1C#N)c1nc2cccc(-c3cn[nH]n3)c2c(=O)n1-c1ccccc1. The van der Waals surface area contributed by atoms with E-state index in [-0.39, 0.29) is 22.9 Å². The lowest BCUT2D eigenvalue weighted by molar-refractivity contribution is 0.730. The predicted molar refractivity (Wildman–Crippen MR) is 126 cm³/mol. The molecule has 0 spiro atoms. The van der Waals surface area contributed by atoms with E-state index in [1.807, 2.05) is 55.5 Å². The van der Waals surface area contributed by atoms with Crippen molar-refractivity contribution in [1.29, 1.82) is 5.26 Å². The minimum Gasteiger partial charge on any atom is -0.368 e. The summed E-state index contributed by atoms with van der Waals surface area (Å²) in [5.74, 6) is 0.716. The first-order valence-electron chi connectivity index (χ1n) is 10.3. The zero-order valence-electron chi connectivity index (χ0n) is 18.0. The first-order chi connectivity index (χ1) is 16.6. The van der Waals surface area contributed by atoms with E-state index < -0.39 is 6.04 Å². The summed E-state index contributed by atoms with van der Waals surface area (Å²) in [6, 6.07) is 16.1. The number of nitrogens with one attached hydrogen (secondary N) is 2. The van der Waals surface area contributed by atoms with Crippen molar-refractivity contribution in [2.75, 3.05) is 11.1 Å². The Balaban J connectivity index is 1.74. The number of benzene rings is 2. The van der Waals surface area contributed by atoms with Gasteiger partial charge in [0.2, 0.25) is 5.95 Å². The van der Waals surface area contributed by atoms with Gasteiger partial charge >= 0.3 is 0 Å². The number of rotatable bonds is 5. The summed E-state index contributed by atoms with van der Waals surface area (Å²) in [5, 5.41) is 23.6. The molecular formula is C23H18N10O. The van der Waals surface area contributed by atoms with E-state index in [2.05, 4.69) is 30.7 Å². The van der Waals surface area contributed by atoms with Gasteiger partial charge in [0.05, 0.1) is 35.0 Å². The first-order valence-corrected chi connectivity index (χ1v) is 10.3. The molecule has 0 radical (unpaired) electrons. The van der Waals surface area contributed by atoms with Crippen LogP contribution in [0.4, 0.5) is 11.8 Å². The summed E-state index contributed by atoms with van der Waals surface area (Å²) in [7, 11) is 0. The first kappa shape index (κ1) is 20.8. The number of hydrogen-bond donors (Lipinski definition) is 3. The lowest BCUT2D eigenvalue weighted by Crippen LogP contribution is -2.28. The Morgan fingerprint density at radius 2 is 1.94 bits per heavy atom. The highest BCUT2D eigenvalue weighted by Crippen LogP contribution is 2.27. The molecule has 0 saturated carbocycles. The standard InChI is InChI=1S/C23H18N10O/c1-13(28-20-14(10-24)11-26-23(25)30-20)21-29-17-9-5-8-16(18-12-27-32-31-18)19(17)22(34)33(21)15-6-3-2-4-7-15/h2-9,11-13H,1H3,(H,27,31,32)(H3,25,26,28,30). The maximum absolute atomic E-state index is 13.9. The summed E-state index contributed by atoms with van der Waals surface area (Å²) >= 11 is 0. The number of nitrogens with zero attached hydrogens (tertiary/aromatic N) is 7. The smallest absolute Gasteiger partial charge is 0.266 e. The average molecular weight is 450 g/mol. The fourth-order valence-corrected chi connectivity index (χ4v) is 3.77. The van der Waals surface area contributed by atoms with Crippen LogP contribution in [0.3, 0.4) is 0 Å². The Hall–Kier alpha value is -5.11. The van der Waals surface area contributed by atoms with Crippen molar-refractivity contribution in [3.05, 3.63) is 82.7 Å². The number of anilines is 2. The quantitative estimate of drug-likeness (QED) is 0.365. The number of para-hydroxylation sites is 1. The van der Waals surface area contributed by atoms with Gasteiger partial charge in [-0.3, -0.25) is 9.36 Å². The van der Waals surface area contributed by atoms with Gasteiger partial charge in [0.1, 0.15) is 29.0 Å². The van der Waals surface area contributed by atoms with Gasteiger partial charge in [-0.05, 0) is 25.1 Å². The topological polar surface area (TPSA) is 164 Å². The normalized spacial score (nSPS) is 11.8. The Kier molecular flexibility index (Phi) is 5.15. The van der Waals surface area contributed by atoms with E-state index in [4.69, 9.17) is 10.7 Å². The van der Waals surface area contributed by atoms with E-state index in [9.17, 15) is 10.1 Å². The van der Waals surface area contributed by atoms with Crippen molar-refractivity contribution in [3.63, 3.8) is 0 Å². The molecule has 0 saturated heterocycles. The third kappa shape index (κ3) is 3.59. The lowest BCUT2D eigenvalue weighted by Gasteiger charge is -2.21. The monoisotopic (exact) mass is 450 g/mol. The third-order valence-corrected chi connectivity index (χ3v) is 5.30. The maximum Gasteiger partial charge on any atom is 0.266 e. The zero-order valence-corrected chi connectivity index (χ0v) is 18.0.